The number of benzene rings is 1. The second-order valence-electron chi connectivity index (χ2n) is 3.39. The molecule has 1 atom stereocenters. The fraction of sp³-hybridized carbons (Fsp3) is 0.400. The molecule has 3 N–H and O–H groups in total. The highest BCUT2D eigenvalue weighted by Gasteiger charge is 2.18. The summed E-state index contributed by atoms with van der Waals surface area (Å²) >= 11 is 0. The predicted octanol–water partition coefficient (Wildman–Crippen LogP) is 1.19. The molecule has 0 aliphatic carbocycles. The molecule has 1 aromatic carbocycles. The summed E-state index contributed by atoms with van der Waals surface area (Å²) in [6.07, 6.45) is 0. The van der Waals surface area contributed by atoms with E-state index in [1.54, 1.807) is 12.1 Å². The van der Waals surface area contributed by atoms with Crippen molar-refractivity contribution in [2.45, 2.75) is 6.04 Å². The van der Waals surface area contributed by atoms with Gasteiger partial charge in [0, 0.05) is 31.2 Å². The first kappa shape index (κ1) is 12.2. The molecule has 1 saturated heterocycles. The van der Waals surface area contributed by atoms with Crippen molar-refractivity contribution < 1.29 is 9.50 Å². The SMILES string of the molecule is Cl.Oc1c(F)cccc1[C@@H]1CNCCN1. The van der Waals surface area contributed by atoms with Crippen LogP contribution < -0.4 is 10.6 Å². The van der Waals surface area contributed by atoms with Gasteiger partial charge in [0.25, 0.3) is 0 Å². The van der Waals surface area contributed by atoms with Crippen LogP contribution in [0.4, 0.5) is 4.39 Å². The Labute approximate surface area is 94.1 Å². The maximum Gasteiger partial charge on any atom is 0.165 e. The van der Waals surface area contributed by atoms with Crippen LogP contribution in [0.5, 0.6) is 5.75 Å². The number of piperazine rings is 1. The smallest absolute Gasteiger partial charge is 0.165 e. The molecule has 0 radical (unpaired) electrons. The Morgan fingerprint density at radius 1 is 1.33 bits per heavy atom. The van der Waals surface area contributed by atoms with Crippen LogP contribution in [-0.4, -0.2) is 24.7 Å². The average Bonchev–Trinajstić information content (AvgIpc) is 2.23. The Hall–Kier alpha value is -0.840. The molecule has 1 aliphatic heterocycles. The van der Waals surface area contributed by atoms with E-state index in [4.69, 9.17) is 0 Å². The second-order valence-corrected chi connectivity index (χ2v) is 3.39. The first-order chi connectivity index (χ1) is 6.79. The number of hydrogen-bond acceptors (Lipinski definition) is 3. The first-order valence-corrected chi connectivity index (χ1v) is 4.70. The minimum atomic E-state index is -0.560. The van der Waals surface area contributed by atoms with Crippen molar-refractivity contribution in [2.24, 2.45) is 0 Å². The minimum absolute atomic E-state index is 0. The van der Waals surface area contributed by atoms with Crippen LogP contribution >= 0.6 is 12.4 Å². The van der Waals surface area contributed by atoms with E-state index in [9.17, 15) is 9.50 Å². The lowest BCUT2D eigenvalue weighted by molar-refractivity contribution is 0.387. The van der Waals surface area contributed by atoms with E-state index >= 15 is 0 Å². The number of rotatable bonds is 1. The van der Waals surface area contributed by atoms with Crippen LogP contribution in [0.2, 0.25) is 0 Å². The zero-order chi connectivity index (χ0) is 9.97. The number of nitrogens with one attached hydrogen (secondary N) is 2. The van der Waals surface area contributed by atoms with Gasteiger partial charge >= 0.3 is 0 Å². The van der Waals surface area contributed by atoms with Crippen molar-refractivity contribution >= 4 is 12.4 Å². The molecule has 0 aromatic heterocycles. The normalized spacial score (nSPS) is 20.7. The summed E-state index contributed by atoms with van der Waals surface area (Å²) in [5, 5.41) is 15.9. The van der Waals surface area contributed by atoms with Gasteiger partial charge in [-0.2, -0.15) is 0 Å². The Morgan fingerprint density at radius 3 is 2.80 bits per heavy atom. The van der Waals surface area contributed by atoms with Gasteiger partial charge in [-0.3, -0.25) is 0 Å². The molecule has 0 unspecified atom stereocenters. The predicted molar refractivity (Wildman–Crippen MR) is 58.9 cm³/mol. The molecule has 15 heavy (non-hydrogen) atoms. The summed E-state index contributed by atoms with van der Waals surface area (Å²) in [4.78, 5) is 0. The number of hydrogen-bond donors (Lipinski definition) is 3. The number of halogens is 2. The van der Waals surface area contributed by atoms with Crippen molar-refractivity contribution in [3.63, 3.8) is 0 Å². The summed E-state index contributed by atoms with van der Waals surface area (Å²) in [6, 6.07) is 4.61. The van der Waals surface area contributed by atoms with Gasteiger partial charge in [-0.25, -0.2) is 4.39 Å². The maximum atomic E-state index is 13.0. The van der Waals surface area contributed by atoms with Gasteiger partial charge in [0.1, 0.15) is 0 Å². The number of phenolic OH excluding ortho intramolecular Hbond substituents is 1. The molecule has 5 heteroatoms. The molecule has 1 heterocycles. The second kappa shape index (κ2) is 5.30. The fourth-order valence-corrected chi connectivity index (χ4v) is 1.69. The lowest BCUT2D eigenvalue weighted by Crippen LogP contribution is -2.42. The fourth-order valence-electron chi connectivity index (χ4n) is 1.69. The van der Waals surface area contributed by atoms with Gasteiger partial charge < -0.3 is 15.7 Å². The zero-order valence-electron chi connectivity index (χ0n) is 8.16. The Kier molecular flexibility index (Phi) is 4.32. The van der Waals surface area contributed by atoms with E-state index < -0.39 is 5.82 Å². The van der Waals surface area contributed by atoms with Crippen molar-refractivity contribution in [2.75, 3.05) is 19.6 Å². The summed E-state index contributed by atoms with van der Waals surface area (Å²) < 4.78 is 13.0. The van der Waals surface area contributed by atoms with E-state index in [0.717, 1.165) is 19.6 Å². The minimum Gasteiger partial charge on any atom is -0.505 e. The quantitative estimate of drug-likeness (QED) is 0.682. The monoisotopic (exact) mass is 232 g/mol. The van der Waals surface area contributed by atoms with E-state index in [2.05, 4.69) is 10.6 Å². The van der Waals surface area contributed by atoms with Crippen molar-refractivity contribution in [3.8, 4) is 5.75 Å². The van der Waals surface area contributed by atoms with Crippen LogP contribution in [0.25, 0.3) is 0 Å². The van der Waals surface area contributed by atoms with Crippen molar-refractivity contribution in [1.82, 2.24) is 10.6 Å². The summed E-state index contributed by atoms with van der Waals surface area (Å²) in [5.74, 6) is -0.802. The van der Waals surface area contributed by atoms with Crippen LogP contribution in [0, 0.1) is 5.82 Å². The van der Waals surface area contributed by atoms with Gasteiger partial charge in [0.05, 0.1) is 0 Å². The largest absolute Gasteiger partial charge is 0.505 e. The number of para-hydroxylation sites is 1. The van der Waals surface area contributed by atoms with Gasteiger partial charge in [-0.15, -0.1) is 12.4 Å². The molecule has 84 valence electrons. The third-order valence-corrected chi connectivity index (χ3v) is 2.43. The summed E-state index contributed by atoms with van der Waals surface area (Å²) in [6.45, 7) is 2.46. The van der Waals surface area contributed by atoms with Crippen LogP contribution in [0.1, 0.15) is 11.6 Å². The summed E-state index contributed by atoms with van der Waals surface area (Å²) in [7, 11) is 0. The highest BCUT2D eigenvalue weighted by molar-refractivity contribution is 5.85. The number of aromatic hydroxyl groups is 1. The highest BCUT2D eigenvalue weighted by Crippen LogP contribution is 2.26. The number of phenols is 1. The van der Waals surface area contributed by atoms with Crippen LogP contribution in [0.15, 0.2) is 18.2 Å². The highest BCUT2D eigenvalue weighted by atomic mass is 35.5. The van der Waals surface area contributed by atoms with Gasteiger partial charge in [0.2, 0.25) is 0 Å². The lowest BCUT2D eigenvalue weighted by atomic mass is 10.0. The van der Waals surface area contributed by atoms with E-state index in [-0.39, 0.29) is 24.2 Å². The molecule has 0 amide bonds. The molecule has 1 aromatic rings. The lowest BCUT2D eigenvalue weighted by Gasteiger charge is -2.25. The van der Waals surface area contributed by atoms with E-state index in [1.165, 1.54) is 6.07 Å². The van der Waals surface area contributed by atoms with E-state index in [1.807, 2.05) is 0 Å². The average molecular weight is 233 g/mol. The van der Waals surface area contributed by atoms with Crippen LogP contribution in [0.3, 0.4) is 0 Å². The standard InChI is InChI=1S/C10H13FN2O.ClH/c11-8-3-1-2-7(10(8)14)9-6-12-4-5-13-9;/h1-3,9,12-14H,4-6H2;1H/t9-;/m0./s1. The van der Waals surface area contributed by atoms with Gasteiger partial charge in [-0.05, 0) is 6.07 Å². The first-order valence-electron chi connectivity index (χ1n) is 4.70. The van der Waals surface area contributed by atoms with Gasteiger partial charge in [0.15, 0.2) is 11.6 Å². The Balaban J connectivity index is 0.00000112. The topological polar surface area (TPSA) is 44.3 Å². The molecule has 0 spiro atoms. The van der Waals surface area contributed by atoms with Crippen molar-refractivity contribution in [3.05, 3.63) is 29.6 Å². The molecule has 1 fully saturated rings. The van der Waals surface area contributed by atoms with Crippen molar-refractivity contribution in [1.29, 1.82) is 0 Å². The van der Waals surface area contributed by atoms with Gasteiger partial charge in [-0.1, -0.05) is 12.1 Å². The third kappa shape index (κ3) is 2.59. The third-order valence-electron chi connectivity index (χ3n) is 2.43. The molecule has 2 rings (SSSR count). The molecular weight excluding hydrogens is 219 g/mol. The Morgan fingerprint density at radius 2 is 2.13 bits per heavy atom. The summed E-state index contributed by atoms with van der Waals surface area (Å²) in [5.41, 5.74) is 0.622. The van der Waals surface area contributed by atoms with E-state index in [0.29, 0.717) is 5.56 Å². The van der Waals surface area contributed by atoms with Crippen LogP contribution in [-0.2, 0) is 0 Å². The molecule has 1 aliphatic rings. The molecule has 0 saturated carbocycles. The maximum absolute atomic E-state index is 13.0. The zero-order valence-corrected chi connectivity index (χ0v) is 8.98. The molecule has 3 nitrogen and oxygen atoms in total. The Bertz CT molecular complexity index is 329. The molecule has 0 bridgehead atoms. The molecular formula is C10H14ClFN2O.